The molecule has 2 aromatic rings. The number of halogens is 2. The Morgan fingerprint density at radius 1 is 1.26 bits per heavy atom. The molecule has 3 rings (SSSR count). The molecule has 0 aliphatic carbocycles. The van der Waals surface area contributed by atoms with E-state index in [2.05, 4.69) is 10.3 Å². The normalized spacial score (nSPS) is 19.6. The first-order valence-corrected chi connectivity index (χ1v) is 7.26. The molecule has 1 saturated heterocycles. The fourth-order valence-corrected chi connectivity index (χ4v) is 3.26. The van der Waals surface area contributed by atoms with Crippen LogP contribution in [0.4, 0.5) is 8.78 Å². The second kappa shape index (κ2) is 5.35. The third-order valence-electron chi connectivity index (χ3n) is 3.33. The Balaban J connectivity index is 1.89. The van der Waals surface area contributed by atoms with E-state index in [0.29, 0.717) is 5.69 Å². The van der Waals surface area contributed by atoms with E-state index < -0.39 is 11.6 Å². The molecule has 2 nitrogen and oxygen atoms in total. The van der Waals surface area contributed by atoms with Crippen LogP contribution in [0.1, 0.15) is 30.3 Å². The van der Waals surface area contributed by atoms with Crippen LogP contribution in [0.25, 0.3) is 11.3 Å². The molecule has 1 fully saturated rings. The van der Waals surface area contributed by atoms with Crippen molar-refractivity contribution < 1.29 is 8.78 Å². The van der Waals surface area contributed by atoms with E-state index in [0.717, 1.165) is 30.1 Å². The number of nitrogens with zero attached hydrogens (tertiary/aromatic N) is 1. The van der Waals surface area contributed by atoms with Gasteiger partial charge < -0.3 is 5.32 Å². The monoisotopic (exact) mass is 280 g/mol. The average molecular weight is 280 g/mol. The van der Waals surface area contributed by atoms with Crippen LogP contribution in [-0.2, 0) is 0 Å². The van der Waals surface area contributed by atoms with Gasteiger partial charge in [0.2, 0.25) is 0 Å². The molecule has 5 heteroatoms. The first kappa shape index (κ1) is 12.7. The van der Waals surface area contributed by atoms with Gasteiger partial charge in [-0.2, -0.15) is 0 Å². The summed E-state index contributed by atoms with van der Waals surface area (Å²) >= 11 is 1.50. The van der Waals surface area contributed by atoms with E-state index in [1.54, 1.807) is 5.38 Å². The van der Waals surface area contributed by atoms with E-state index in [1.807, 2.05) is 0 Å². The van der Waals surface area contributed by atoms with Crippen LogP contribution < -0.4 is 5.32 Å². The lowest BCUT2D eigenvalue weighted by Crippen LogP contribution is -2.26. The Morgan fingerprint density at radius 3 is 2.95 bits per heavy atom. The number of piperidine rings is 1. The van der Waals surface area contributed by atoms with Crippen LogP contribution in [0.15, 0.2) is 23.6 Å². The van der Waals surface area contributed by atoms with Gasteiger partial charge in [0.1, 0.15) is 16.6 Å². The lowest BCUT2D eigenvalue weighted by Gasteiger charge is -2.21. The van der Waals surface area contributed by atoms with Gasteiger partial charge >= 0.3 is 0 Å². The summed E-state index contributed by atoms with van der Waals surface area (Å²) in [5.74, 6) is -0.878. The van der Waals surface area contributed by atoms with Gasteiger partial charge in [-0.1, -0.05) is 6.42 Å². The first-order chi connectivity index (χ1) is 9.24. The fourth-order valence-electron chi connectivity index (χ4n) is 2.33. The largest absolute Gasteiger partial charge is 0.308 e. The minimum atomic E-state index is -0.443. The van der Waals surface area contributed by atoms with E-state index in [4.69, 9.17) is 0 Å². The lowest BCUT2D eigenvalue weighted by molar-refractivity contribution is 0.411. The molecule has 1 aliphatic heterocycles. The Bertz CT molecular complexity index is 577. The van der Waals surface area contributed by atoms with Crippen LogP contribution >= 0.6 is 11.3 Å². The van der Waals surface area contributed by atoms with E-state index in [9.17, 15) is 8.78 Å². The highest BCUT2D eigenvalue weighted by molar-refractivity contribution is 7.10. The van der Waals surface area contributed by atoms with E-state index in [1.165, 1.54) is 30.2 Å². The van der Waals surface area contributed by atoms with Gasteiger partial charge in [-0.25, -0.2) is 13.8 Å². The first-order valence-electron chi connectivity index (χ1n) is 6.38. The van der Waals surface area contributed by atoms with Crippen molar-refractivity contribution in [1.29, 1.82) is 0 Å². The molecule has 1 atom stereocenters. The van der Waals surface area contributed by atoms with Crippen LogP contribution in [0.2, 0.25) is 0 Å². The smallest absolute Gasteiger partial charge is 0.132 e. The van der Waals surface area contributed by atoms with Gasteiger partial charge in [0, 0.05) is 10.9 Å². The quantitative estimate of drug-likeness (QED) is 0.902. The van der Waals surface area contributed by atoms with Crippen molar-refractivity contribution in [2.24, 2.45) is 0 Å². The zero-order chi connectivity index (χ0) is 13.2. The maximum atomic E-state index is 13.7. The van der Waals surface area contributed by atoms with Crippen molar-refractivity contribution in [2.45, 2.75) is 25.3 Å². The molecule has 0 radical (unpaired) electrons. The van der Waals surface area contributed by atoms with Crippen molar-refractivity contribution in [3.63, 3.8) is 0 Å². The Hall–Kier alpha value is -1.33. The minimum absolute atomic E-state index is 0.235. The summed E-state index contributed by atoms with van der Waals surface area (Å²) in [6, 6.07) is 3.71. The fraction of sp³-hybridized carbons (Fsp3) is 0.357. The number of hydrogen-bond acceptors (Lipinski definition) is 3. The van der Waals surface area contributed by atoms with Crippen molar-refractivity contribution in [3.05, 3.63) is 40.2 Å². The minimum Gasteiger partial charge on any atom is -0.308 e. The molecule has 0 amide bonds. The third kappa shape index (κ3) is 2.67. The van der Waals surface area contributed by atoms with Crippen LogP contribution in [-0.4, -0.2) is 11.5 Å². The summed E-state index contributed by atoms with van der Waals surface area (Å²) in [5, 5.41) is 6.16. The lowest BCUT2D eigenvalue weighted by atomic mass is 10.1. The molecular weight excluding hydrogens is 266 g/mol. The zero-order valence-electron chi connectivity index (χ0n) is 10.3. The van der Waals surface area contributed by atoms with Crippen LogP contribution in [0.5, 0.6) is 0 Å². The van der Waals surface area contributed by atoms with E-state index >= 15 is 0 Å². The number of aromatic nitrogens is 1. The summed E-state index contributed by atoms with van der Waals surface area (Å²) in [6.07, 6.45) is 3.42. The summed E-state index contributed by atoms with van der Waals surface area (Å²) in [4.78, 5) is 4.46. The number of rotatable bonds is 2. The molecule has 19 heavy (non-hydrogen) atoms. The van der Waals surface area contributed by atoms with Crippen molar-refractivity contribution >= 4 is 11.3 Å². The second-order valence-electron chi connectivity index (χ2n) is 4.70. The zero-order valence-corrected chi connectivity index (χ0v) is 11.1. The van der Waals surface area contributed by atoms with Crippen molar-refractivity contribution in [1.82, 2.24) is 10.3 Å². The Labute approximate surface area is 114 Å². The summed E-state index contributed by atoms with van der Waals surface area (Å²) in [6.45, 7) is 0.994. The maximum absolute atomic E-state index is 13.7. The Morgan fingerprint density at radius 2 is 2.16 bits per heavy atom. The number of nitrogens with one attached hydrogen (secondary N) is 1. The number of hydrogen-bond donors (Lipinski definition) is 1. The molecule has 0 saturated carbocycles. The SMILES string of the molecule is Fc1ccc(F)c(-c2csc(C3CCCCN3)n2)c1. The van der Waals surface area contributed by atoms with Gasteiger partial charge in [-0.3, -0.25) is 0 Å². The molecule has 1 unspecified atom stereocenters. The van der Waals surface area contributed by atoms with Gasteiger partial charge in [0.05, 0.1) is 11.7 Å². The maximum Gasteiger partial charge on any atom is 0.132 e. The topological polar surface area (TPSA) is 24.9 Å². The highest BCUT2D eigenvalue weighted by atomic mass is 32.1. The van der Waals surface area contributed by atoms with Crippen LogP contribution in [0.3, 0.4) is 0 Å². The Kier molecular flexibility index (Phi) is 3.57. The van der Waals surface area contributed by atoms with Crippen molar-refractivity contribution in [2.75, 3.05) is 6.54 Å². The highest BCUT2D eigenvalue weighted by Crippen LogP contribution is 2.30. The predicted molar refractivity (Wildman–Crippen MR) is 72.1 cm³/mol. The molecule has 2 heterocycles. The number of benzene rings is 1. The van der Waals surface area contributed by atoms with Gasteiger partial charge in [-0.05, 0) is 37.6 Å². The number of thiazole rings is 1. The summed E-state index contributed by atoms with van der Waals surface area (Å²) in [5.41, 5.74) is 0.752. The standard InChI is InChI=1S/C14H14F2N2S/c15-9-4-5-11(16)10(7-9)13-8-19-14(18-13)12-3-1-2-6-17-12/h4-5,7-8,12,17H,1-3,6H2. The second-order valence-corrected chi connectivity index (χ2v) is 5.59. The van der Waals surface area contributed by atoms with Gasteiger partial charge in [0.15, 0.2) is 0 Å². The summed E-state index contributed by atoms with van der Waals surface area (Å²) in [7, 11) is 0. The molecule has 1 aromatic heterocycles. The van der Waals surface area contributed by atoms with Gasteiger partial charge in [-0.15, -0.1) is 11.3 Å². The molecular formula is C14H14F2N2S. The average Bonchev–Trinajstić information content (AvgIpc) is 2.92. The molecule has 1 aliphatic rings. The highest BCUT2D eigenvalue weighted by Gasteiger charge is 2.19. The molecule has 0 spiro atoms. The van der Waals surface area contributed by atoms with Gasteiger partial charge in [0.25, 0.3) is 0 Å². The summed E-state index contributed by atoms with van der Waals surface area (Å²) < 4.78 is 26.9. The molecule has 0 bridgehead atoms. The third-order valence-corrected chi connectivity index (χ3v) is 4.29. The predicted octanol–water partition coefficient (Wildman–Crippen LogP) is 3.90. The van der Waals surface area contributed by atoms with Crippen molar-refractivity contribution in [3.8, 4) is 11.3 Å². The van der Waals surface area contributed by atoms with Crippen LogP contribution in [0, 0.1) is 11.6 Å². The molecule has 1 aromatic carbocycles. The molecule has 1 N–H and O–H groups in total. The molecule has 100 valence electrons. The van der Waals surface area contributed by atoms with E-state index in [-0.39, 0.29) is 11.6 Å².